The van der Waals surface area contributed by atoms with Crippen molar-refractivity contribution in [3.8, 4) is 0 Å². The molecule has 1 aromatic heterocycles. The van der Waals surface area contributed by atoms with Crippen LogP contribution < -0.4 is 10.6 Å². The SMILES string of the molecule is Cc1ccc(NC(=S)NC(=O)c2ccoc2C)c(C)c1. The molecule has 0 atom stereocenters. The normalized spacial score (nSPS) is 10.2. The Morgan fingerprint density at radius 3 is 2.55 bits per heavy atom. The van der Waals surface area contributed by atoms with Gasteiger partial charge in [-0.3, -0.25) is 10.1 Å². The van der Waals surface area contributed by atoms with Crippen molar-refractivity contribution in [2.75, 3.05) is 5.32 Å². The number of nitrogens with one attached hydrogen (secondary N) is 2. The standard InChI is InChI=1S/C15H16N2O2S/c1-9-4-5-13(10(2)8-9)16-15(20)17-14(18)12-6-7-19-11(12)3/h4-8H,1-3H3,(H2,16,17,18,20). The van der Waals surface area contributed by atoms with Gasteiger partial charge in [-0.25, -0.2) is 0 Å². The van der Waals surface area contributed by atoms with E-state index in [9.17, 15) is 4.79 Å². The largest absolute Gasteiger partial charge is 0.469 e. The van der Waals surface area contributed by atoms with Gasteiger partial charge in [0, 0.05) is 5.69 Å². The Bertz CT molecular complexity index is 662. The number of aryl methyl sites for hydroxylation is 3. The number of anilines is 1. The third kappa shape index (κ3) is 3.24. The second kappa shape index (κ2) is 5.88. The molecule has 1 amide bonds. The number of hydrogen-bond donors (Lipinski definition) is 2. The molecule has 4 nitrogen and oxygen atoms in total. The van der Waals surface area contributed by atoms with Crippen LogP contribution in [0.5, 0.6) is 0 Å². The van der Waals surface area contributed by atoms with Crippen LogP contribution >= 0.6 is 12.2 Å². The molecule has 0 aliphatic carbocycles. The minimum absolute atomic E-state index is 0.266. The fraction of sp³-hybridized carbons (Fsp3) is 0.200. The fourth-order valence-corrected chi connectivity index (χ4v) is 2.10. The molecule has 0 fully saturated rings. The Labute approximate surface area is 123 Å². The number of carbonyl (C=O) groups is 1. The molecule has 0 radical (unpaired) electrons. The number of hydrogen-bond acceptors (Lipinski definition) is 3. The van der Waals surface area contributed by atoms with Crippen LogP contribution in [0, 0.1) is 20.8 Å². The average Bonchev–Trinajstić information content (AvgIpc) is 2.79. The van der Waals surface area contributed by atoms with Crippen molar-refractivity contribution in [1.29, 1.82) is 0 Å². The maximum Gasteiger partial charge on any atom is 0.260 e. The lowest BCUT2D eigenvalue weighted by Gasteiger charge is -2.12. The summed E-state index contributed by atoms with van der Waals surface area (Å²) in [6.07, 6.45) is 1.48. The first-order chi connectivity index (χ1) is 9.47. The third-order valence-corrected chi connectivity index (χ3v) is 3.16. The maximum absolute atomic E-state index is 12.0. The third-order valence-electron chi connectivity index (χ3n) is 2.96. The van der Waals surface area contributed by atoms with Gasteiger partial charge in [-0.1, -0.05) is 17.7 Å². The first-order valence-electron chi connectivity index (χ1n) is 6.21. The second-order valence-electron chi connectivity index (χ2n) is 4.62. The van der Waals surface area contributed by atoms with Gasteiger partial charge >= 0.3 is 0 Å². The van der Waals surface area contributed by atoms with E-state index in [-0.39, 0.29) is 11.0 Å². The molecule has 0 saturated heterocycles. The summed E-state index contributed by atoms with van der Waals surface area (Å²) < 4.78 is 5.09. The highest BCUT2D eigenvalue weighted by Crippen LogP contribution is 2.16. The summed E-state index contributed by atoms with van der Waals surface area (Å²) in [4.78, 5) is 12.0. The van der Waals surface area contributed by atoms with E-state index in [1.807, 2.05) is 32.0 Å². The lowest BCUT2D eigenvalue weighted by molar-refractivity contribution is 0.0976. The van der Waals surface area contributed by atoms with Crippen molar-refractivity contribution in [3.05, 3.63) is 53.0 Å². The lowest BCUT2D eigenvalue weighted by atomic mass is 10.1. The Morgan fingerprint density at radius 2 is 1.95 bits per heavy atom. The predicted octanol–water partition coefficient (Wildman–Crippen LogP) is 3.33. The quantitative estimate of drug-likeness (QED) is 0.832. The van der Waals surface area contributed by atoms with Crippen LogP contribution in [0.4, 0.5) is 5.69 Å². The summed E-state index contributed by atoms with van der Waals surface area (Å²) in [5.41, 5.74) is 3.61. The van der Waals surface area contributed by atoms with Crippen molar-refractivity contribution in [1.82, 2.24) is 5.32 Å². The molecule has 0 saturated carbocycles. The first-order valence-corrected chi connectivity index (χ1v) is 6.62. The van der Waals surface area contributed by atoms with E-state index in [0.29, 0.717) is 11.3 Å². The Hall–Kier alpha value is -2.14. The number of rotatable bonds is 2. The molecule has 1 aromatic carbocycles. The molecule has 0 bridgehead atoms. The number of thiocarbonyl (C=S) groups is 1. The van der Waals surface area contributed by atoms with Crippen molar-refractivity contribution in [2.24, 2.45) is 0 Å². The minimum Gasteiger partial charge on any atom is -0.469 e. The smallest absolute Gasteiger partial charge is 0.260 e. The van der Waals surface area contributed by atoms with Gasteiger partial charge in [-0.05, 0) is 50.7 Å². The van der Waals surface area contributed by atoms with Gasteiger partial charge < -0.3 is 9.73 Å². The van der Waals surface area contributed by atoms with Gasteiger partial charge in [0.1, 0.15) is 5.76 Å². The van der Waals surface area contributed by atoms with Crippen LogP contribution in [0.3, 0.4) is 0 Å². The van der Waals surface area contributed by atoms with E-state index in [2.05, 4.69) is 10.6 Å². The zero-order valence-electron chi connectivity index (χ0n) is 11.6. The van der Waals surface area contributed by atoms with E-state index in [4.69, 9.17) is 16.6 Å². The highest BCUT2D eigenvalue weighted by Gasteiger charge is 2.13. The monoisotopic (exact) mass is 288 g/mol. The second-order valence-corrected chi connectivity index (χ2v) is 5.03. The van der Waals surface area contributed by atoms with E-state index < -0.39 is 0 Å². The van der Waals surface area contributed by atoms with E-state index in [0.717, 1.165) is 11.3 Å². The average molecular weight is 288 g/mol. The van der Waals surface area contributed by atoms with E-state index >= 15 is 0 Å². The molecule has 104 valence electrons. The molecule has 20 heavy (non-hydrogen) atoms. The van der Waals surface area contributed by atoms with Crippen molar-refractivity contribution >= 4 is 28.9 Å². The van der Waals surface area contributed by atoms with E-state index in [1.165, 1.54) is 11.8 Å². The zero-order chi connectivity index (χ0) is 14.7. The molecule has 0 aliphatic rings. The Kier molecular flexibility index (Phi) is 4.20. The molecule has 1 heterocycles. The Morgan fingerprint density at radius 1 is 1.20 bits per heavy atom. The minimum atomic E-state index is -0.279. The summed E-state index contributed by atoms with van der Waals surface area (Å²) in [5, 5.41) is 5.92. The zero-order valence-corrected chi connectivity index (χ0v) is 12.4. The highest BCUT2D eigenvalue weighted by molar-refractivity contribution is 7.80. The molecule has 0 aliphatic heterocycles. The number of furan rings is 1. The van der Waals surface area contributed by atoms with Crippen LogP contribution in [0.15, 0.2) is 34.9 Å². The predicted molar refractivity (Wildman–Crippen MR) is 83.0 cm³/mol. The van der Waals surface area contributed by atoms with Gasteiger partial charge in [-0.2, -0.15) is 0 Å². The van der Waals surface area contributed by atoms with Crippen LogP contribution in [-0.4, -0.2) is 11.0 Å². The van der Waals surface area contributed by atoms with Crippen molar-refractivity contribution < 1.29 is 9.21 Å². The fourth-order valence-electron chi connectivity index (χ4n) is 1.90. The van der Waals surface area contributed by atoms with Crippen LogP contribution in [0.1, 0.15) is 27.2 Å². The van der Waals surface area contributed by atoms with Gasteiger partial charge in [0.15, 0.2) is 5.11 Å². The summed E-state index contributed by atoms with van der Waals surface area (Å²) in [6, 6.07) is 7.59. The molecule has 5 heteroatoms. The van der Waals surface area contributed by atoms with Crippen LogP contribution in [0.25, 0.3) is 0 Å². The summed E-state index contributed by atoms with van der Waals surface area (Å²) in [5.74, 6) is 0.287. The van der Waals surface area contributed by atoms with E-state index in [1.54, 1.807) is 13.0 Å². The van der Waals surface area contributed by atoms with Gasteiger partial charge in [-0.15, -0.1) is 0 Å². The molecular weight excluding hydrogens is 272 g/mol. The number of benzene rings is 1. The topological polar surface area (TPSA) is 54.3 Å². The molecule has 0 unspecified atom stereocenters. The molecule has 2 rings (SSSR count). The molecule has 0 spiro atoms. The Balaban J connectivity index is 2.03. The lowest BCUT2D eigenvalue weighted by Crippen LogP contribution is -2.34. The number of amides is 1. The summed E-state index contributed by atoms with van der Waals surface area (Å²) in [6.45, 7) is 5.74. The van der Waals surface area contributed by atoms with Gasteiger partial charge in [0.25, 0.3) is 5.91 Å². The summed E-state index contributed by atoms with van der Waals surface area (Å²) in [7, 11) is 0. The summed E-state index contributed by atoms with van der Waals surface area (Å²) >= 11 is 5.15. The number of carbonyl (C=O) groups excluding carboxylic acids is 1. The van der Waals surface area contributed by atoms with Crippen molar-refractivity contribution in [2.45, 2.75) is 20.8 Å². The maximum atomic E-state index is 12.0. The molecule has 2 aromatic rings. The first kappa shape index (κ1) is 14.3. The van der Waals surface area contributed by atoms with Crippen molar-refractivity contribution in [3.63, 3.8) is 0 Å². The highest BCUT2D eigenvalue weighted by atomic mass is 32.1. The van der Waals surface area contributed by atoms with Gasteiger partial charge in [0.05, 0.1) is 11.8 Å². The van der Waals surface area contributed by atoms with Crippen LogP contribution in [0.2, 0.25) is 0 Å². The molecular formula is C15H16N2O2S. The molecule has 2 N–H and O–H groups in total. The van der Waals surface area contributed by atoms with Crippen LogP contribution in [-0.2, 0) is 0 Å². The van der Waals surface area contributed by atoms with Gasteiger partial charge in [0.2, 0.25) is 0 Å².